The van der Waals surface area contributed by atoms with Crippen molar-refractivity contribution in [1.82, 2.24) is 4.98 Å². The third-order valence-corrected chi connectivity index (χ3v) is 4.18. The molecule has 6 nitrogen and oxygen atoms in total. The molecule has 28 heavy (non-hydrogen) atoms. The fraction of sp³-hybridized carbons (Fsp3) is 0.143. The number of anilines is 1. The zero-order valence-electron chi connectivity index (χ0n) is 15.4. The number of pyridine rings is 1. The van der Waals surface area contributed by atoms with Crippen molar-refractivity contribution < 1.29 is 19.0 Å². The molecule has 0 unspecified atom stereocenters. The van der Waals surface area contributed by atoms with Crippen LogP contribution in [0.25, 0.3) is 0 Å². The van der Waals surface area contributed by atoms with Gasteiger partial charge in [0.25, 0.3) is 5.91 Å². The molecule has 0 fully saturated rings. The van der Waals surface area contributed by atoms with E-state index in [1.165, 1.54) is 7.11 Å². The molecule has 0 atom stereocenters. The summed E-state index contributed by atoms with van der Waals surface area (Å²) >= 11 is 6.01. The van der Waals surface area contributed by atoms with Gasteiger partial charge in [0.1, 0.15) is 12.4 Å². The minimum Gasteiger partial charge on any atom is -0.496 e. The monoisotopic (exact) mass is 398 g/mol. The molecule has 0 spiro atoms. The van der Waals surface area contributed by atoms with Gasteiger partial charge in [-0.25, -0.2) is 0 Å². The van der Waals surface area contributed by atoms with Gasteiger partial charge in [0.05, 0.1) is 19.8 Å². The predicted octanol–water partition coefficient (Wildman–Crippen LogP) is 4.58. The van der Waals surface area contributed by atoms with Gasteiger partial charge in [-0.3, -0.25) is 9.78 Å². The summed E-state index contributed by atoms with van der Waals surface area (Å²) in [6.07, 6.45) is 3.42. The Bertz CT molecular complexity index is 964. The van der Waals surface area contributed by atoms with Gasteiger partial charge in [-0.15, -0.1) is 0 Å². The van der Waals surface area contributed by atoms with Gasteiger partial charge in [-0.1, -0.05) is 17.7 Å². The quantitative estimate of drug-likeness (QED) is 0.630. The second-order valence-corrected chi connectivity index (χ2v) is 6.25. The Morgan fingerprint density at radius 2 is 1.82 bits per heavy atom. The summed E-state index contributed by atoms with van der Waals surface area (Å²) in [7, 11) is 3.05. The Kier molecular flexibility index (Phi) is 6.34. The minimum atomic E-state index is -0.345. The minimum absolute atomic E-state index is 0.323. The van der Waals surface area contributed by atoms with Crippen LogP contribution in [-0.2, 0) is 6.61 Å². The third kappa shape index (κ3) is 4.72. The van der Waals surface area contributed by atoms with Gasteiger partial charge >= 0.3 is 0 Å². The Morgan fingerprint density at radius 1 is 1.04 bits per heavy atom. The van der Waals surface area contributed by atoms with E-state index in [9.17, 15) is 4.79 Å². The average Bonchev–Trinajstić information content (AvgIpc) is 2.73. The van der Waals surface area contributed by atoms with Crippen LogP contribution in [0.1, 0.15) is 15.9 Å². The average molecular weight is 399 g/mol. The number of carbonyl (C=O) groups excluding carboxylic acids is 1. The molecule has 1 aromatic heterocycles. The highest BCUT2D eigenvalue weighted by Crippen LogP contribution is 2.31. The van der Waals surface area contributed by atoms with Crippen molar-refractivity contribution in [3.63, 3.8) is 0 Å². The van der Waals surface area contributed by atoms with E-state index in [-0.39, 0.29) is 5.91 Å². The lowest BCUT2D eigenvalue weighted by Crippen LogP contribution is -2.13. The summed E-state index contributed by atoms with van der Waals surface area (Å²) in [6, 6.07) is 13.8. The number of ether oxygens (including phenoxy) is 3. The summed E-state index contributed by atoms with van der Waals surface area (Å²) in [5.41, 5.74) is 1.81. The Balaban J connectivity index is 1.79. The van der Waals surface area contributed by atoms with Crippen molar-refractivity contribution in [3.05, 3.63) is 77.1 Å². The van der Waals surface area contributed by atoms with Crippen molar-refractivity contribution >= 4 is 23.2 Å². The van der Waals surface area contributed by atoms with E-state index in [0.29, 0.717) is 40.1 Å². The van der Waals surface area contributed by atoms with Crippen LogP contribution in [0.3, 0.4) is 0 Å². The highest BCUT2D eigenvalue weighted by Gasteiger charge is 2.15. The van der Waals surface area contributed by atoms with Crippen LogP contribution in [0.15, 0.2) is 60.9 Å². The first-order chi connectivity index (χ1) is 13.6. The number of aromatic nitrogens is 1. The first-order valence-electron chi connectivity index (χ1n) is 8.45. The van der Waals surface area contributed by atoms with Gasteiger partial charge in [-0.05, 0) is 36.4 Å². The lowest BCUT2D eigenvalue weighted by Gasteiger charge is -2.14. The molecule has 0 saturated heterocycles. The molecule has 144 valence electrons. The Labute approximate surface area is 168 Å². The van der Waals surface area contributed by atoms with E-state index in [1.807, 2.05) is 12.1 Å². The van der Waals surface area contributed by atoms with Crippen LogP contribution >= 0.6 is 11.6 Å². The van der Waals surface area contributed by atoms with Crippen molar-refractivity contribution in [2.75, 3.05) is 19.5 Å². The van der Waals surface area contributed by atoms with Gasteiger partial charge < -0.3 is 19.5 Å². The van der Waals surface area contributed by atoms with E-state index < -0.39 is 0 Å². The van der Waals surface area contributed by atoms with Gasteiger partial charge in [0, 0.05) is 34.7 Å². The molecular formula is C21H19ClN2O4. The first kappa shape index (κ1) is 19.5. The normalized spacial score (nSPS) is 10.2. The topological polar surface area (TPSA) is 69.7 Å². The largest absolute Gasteiger partial charge is 0.496 e. The first-order valence-corrected chi connectivity index (χ1v) is 8.83. The van der Waals surface area contributed by atoms with Crippen LogP contribution in [-0.4, -0.2) is 25.1 Å². The molecule has 1 heterocycles. The number of nitrogens with zero attached hydrogens (tertiary/aromatic N) is 1. The Morgan fingerprint density at radius 3 is 2.54 bits per heavy atom. The fourth-order valence-corrected chi connectivity index (χ4v) is 2.74. The maximum absolute atomic E-state index is 12.7. The fourth-order valence-electron chi connectivity index (χ4n) is 2.57. The summed E-state index contributed by atoms with van der Waals surface area (Å²) in [5.74, 6) is 1.15. The number of hydrogen-bond acceptors (Lipinski definition) is 5. The molecule has 1 N–H and O–H groups in total. The SMILES string of the molecule is COc1ccc(NC(=O)c2cc(Cl)ccc2OC)cc1OCc1cccnc1. The Hall–Kier alpha value is -3.25. The van der Waals surface area contributed by atoms with E-state index in [1.54, 1.807) is 55.9 Å². The van der Waals surface area contributed by atoms with Gasteiger partial charge in [-0.2, -0.15) is 0 Å². The number of benzene rings is 2. The number of rotatable bonds is 7. The molecule has 0 radical (unpaired) electrons. The second-order valence-electron chi connectivity index (χ2n) is 5.81. The number of hydrogen-bond donors (Lipinski definition) is 1. The van der Waals surface area contributed by atoms with Crippen LogP contribution in [0.4, 0.5) is 5.69 Å². The van der Waals surface area contributed by atoms with E-state index in [0.717, 1.165) is 5.56 Å². The molecule has 2 aromatic carbocycles. The van der Waals surface area contributed by atoms with Crippen molar-refractivity contribution in [2.45, 2.75) is 6.61 Å². The van der Waals surface area contributed by atoms with Crippen LogP contribution in [0.2, 0.25) is 5.02 Å². The van der Waals surface area contributed by atoms with Crippen molar-refractivity contribution in [3.8, 4) is 17.2 Å². The molecule has 7 heteroatoms. The van der Waals surface area contributed by atoms with Crippen LogP contribution in [0.5, 0.6) is 17.2 Å². The predicted molar refractivity (Wildman–Crippen MR) is 108 cm³/mol. The second kappa shape index (κ2) is 9.10. The number of methoxy groups -OCH3 is 2. The summed E-state index contributed by atoms with van der Waals surface area (Å²) in [6.45, 7) is 0.323. The van der Waals surface area contributed by atoms with Gasteiger partial charge in [0.15, 0.2) is 11.5 Å². The highest BCUT2D eigenvalue weighted by atomic mass is 35.5. The molecule has 3 rings (SSSR count). The molecule has 3 aromatic rings. The lowest BCUT2D eigenvalue weighted by atomic mass is 10.1. The molecule has 0 saturated carbocycles. The molecule has 0 bridgehead atoms. The van der Waals surface area contributed by atoms with E-state index in [4.69, 9.17) is 25.8 Å². The smallest absolute Gasteiger partial charge is 0.259 e. The lowest BCUT2D eigenvalue weighted by molar-refractivity contribution is 0.102. The zero-order valence-corrected chi connectivity index (χ0v) is 16.2. The molecule has 1 amide bonds. The highest BCUT2D eigenvalue weighted by molar-refractivity contribution is 6.31. The molecule has 0 aliphatic carbocycles. The number of carbonyl (C=O) groups is 1. The van der Waals surface area contributed by atoms with Crippen LogP contribution < -0.4 is 19.5 Å². The molecular weight excluding hydrogens is 380 g/mol. The third-order valence-electron chi connectivity index (χ3n) is 3.94. The number of nitrogens with one attached hydrogen (secondary N) is 1. The van der Waals surface area contributed by atoms with Gasteiger partial charge in [0.2, 0.25) is 0 Å². The maximum atomic E-state index is 12.7. The van der Waals surface area contributed by atoms with Crippen molar-refractivity contribution in [2.24, 2.45) is 0 Å². The molecule has 0 aliphatic rings. The number of amides is 1. The van der Waals surface area contributed by atoms with E-state index in [2.05, 4.69) is 10.3 Å². The standard InChI is InChI=1S/C21H19ClN2O4/c1-26-18-7-5-15(22)10-17(18)21(25)24-16-6-8-19(27-2)20(11-16)28-13-14-4-3-9-23-12-14/h3-12H,13H2,1-2H3,(H,24,25). The molecule has 0 aliphatic heterocycles. The summed E-state index contributed by atoms with van der Waals surface area (Å²) in [5, 5.41) is 3.27. The zero-order chi connectivity index (χ0) is 19.9. The van der Waals surface area contributed by atoms with E-state index >= 15 is 0 Å². The van der Waals surface area contributed by atoms with Crippen molar-refractivity contribution in [1.29, 1.82) is 0 Å². The summed E-state index contributed by atoms with van der Waals surface area (Å²) < 4.78 is 16.4. The maximum Gasteiger partial charge on any atom is 0.259 e. The summed E-state index contributed by atoms with van der Waals surface area (Å²) in [4.78, 5) is 16.7. The van der Waals surface area contributed by atoms with Crippen LogP contribution in [0, 0.1) is 0 Å². The number of halogens is 1.